The van der Waals surface area contributed by atoms with Gasteiger partial charge in [-0.3, -0.25) is 4.21 Å². The SMILES string of the molecule is O=S([O-])I.[H-].[Na+]. The van der Waals surface area contributed by atoms with Gasteiger partial charge >= 0.3 is 29.6 Å². The van der Waals surface area contributed by atoms with Gasteiger partial charge < -0.3 is 5.98 Å². The van der Waals surface area contributed by atoms with E-state index in [0.29, 0.717) is 0 Å². The molecule has 1 atom stereocenters. The molecule has 0 aromatic rings. The third kappa shape index (κ3) is 25.4. The van der Waals surface area contributed by atoms with Crippen LogP contribution in [0.1, 0.15) is 1.43 Å². The predicted molar refractivity (Wildman–Crippen MR) is 24.1 cm³/mol. The molecule has 0 fully saturated rings. The molecule has 0 amide bonds. The number of rotatable bonds is 0. The first-order valence-corrected chi connectivity index (χ1v) is 4.11. The molecule has 0 aliphatic rings. The van der Waals surface area contributed by atoms with Gasteiger partial charge in [-0.2, -0.15) is 0 Å². The summed E-state index contributed by atoms with van der Waals surface area (Å²) >= 11 is 1.26. The van der Waals surface area contributed by atoms with Crippen LogP contribution < -0.4 is 29.6 Å². The van der Waals surface area contributed by atoms with E-state index in [9.17, 15) is 0 Å². The molecule has 0 aliphatic heterocycles. The number of halogens is 1. The van der Waals surface area contributed by atoms with Gasteiger partial charge in [-0.05, 0) is 0 Å². The zero-order valence-electron chi connectivity index (χ0n) is 3.60. The predicted octanol–water partition coefficient (Wildman–Crippen LogP) is -2.67. The minimum Gasteiger partial charge on any atom is -1.00 e. The van der Waals surface area contributed by atoms with Crippen LogP contribution in [0.25, 0.3) is 0 Å². The van der Waals surface area contributed by atoms with Gasteiger partial charge in [0, 0.05) is 29.5 Å². The minimum absolute atomic E-state index is 0. The summed E-state index contributed by atoms with van der Waals surface area (Å²) in [5.74, 6) is 0. The molecule has 0 heterocycles. The van der Waals surface area contributed by atoms with E-state index in [1.807, 2.05) is 0 Å². The Balaban J connectivity index is -0.0000000450. The zero-order chi connectivity index (χ0) is 3.58. The Bertz CT molecular complexity index is 36.5. The average molecular weight is 215 g/mol. The van der Waals surface area contributed by atoms with Crippen molar-refractivity contribution < 1.29 is 39.7 Å². The van der Waals surface area contributed by atoms with Gasteiger partial charge in [0.1, 0.15) is 0 Å². The molecule has 0 saturated heterocycles. The van der Waals surface area contributed by atoms with Crippen LogP contribution in [0.15, 0.2) is 0 Å². The van der Waals surface area contributed by atoms with Crippen molar-refractivity contribution in [2.24, 2.45) is 0 Å². The zero-order valence-corrected chi connectivity index (χ0v) is 7.58. The molecule has 0 spiro atoms. The van der Waals surface area contributed by atoms with E-state index in [0.717, 1.165) is 0 Å². The van der Waals surface area contributed by atoms with E-state index in [1.54, 1.807) is 0 Å². The Morgan fingerprint density at radius 1 is 2.00 bits per heavy atom. The van der Waals surface area contributed by atoms with Crippen molar-refractivity contribution in [3.05, 3.63) is 0 Å². The number of hydrogen-bond donors (Lipinski definition) is 0. The van der Waals surface area contributed by atoms with Crippen molar-refractivity contribution in [2.45, 2.75) is 0 Å². The fraction of sp³-hybridized carbons (Fsp3) is 0. The maximum Gasteiger partial charge on any atom is 1.00 e. The number of hydrogen-bond acceptors (Lipinski definition) is 2. The summed E-state index contributed by atoms with van der Waals surface area (Å²) in [6.07, 6.45) is 0. The van der Waals surface area contributed by atoms with E-state index < -0.39 is 8.25 Å². The second kappa shape index (κ2) is 5.84. The molecule has 5 heavy (non-hydrogen) atoms. The molecule has 0 radical (unpaired) electrons. The third-order valence-electron chi connectivity index (χ3n) is 0. The average Bonchev–Trinajstić information content (AvgIpc) is 0.811. The molecule has 1 unspecified atom stereocenters. The van der Waals surface area contributed by atoms with Gasteiger partial charge in [-0.15, -0.1) is 0 Å². The molecule has 5 heteroatoms. The fourth-order valence-electron chi connectivity index (χ4n) is 0. The van der Waals surface area contributed by atoms with Crippen molar-refractivity contribution in [3.63, 3.8) is 0 Å². The molecule has 0 bridgehead atoms. The van der Waals surface area contributed by atoms with Crippen molar-refractivity contribution in [3.8, 4) is 0 Å². The summed E-state index contributed by atoms with van der Waals surface area (Å²) in [5, 5.41) is 0. The normalized spacial score (nSPS) is 12.4. The van der Waals surface area contributed by atoms with E-state index >= 15 is 0 Å². The Hall–Kier alpha value is 1.84. The van der Waals surface area contributed by atoms with Crippen molar-refractivity contribution in [1.29, 1.82) is 0 Å². The maximum atomic E-state index is 8.99. The summed E-state index contributed by atoms with van der Waals surface area (Å²) in [6.45, 7) is 0. The summed E-state index contributed by atoms with van der Waals surface area (Å²) < 4.78 is 18.0. The molecule has 0 rings (SSSR count). The van der Waals surface area contributed by atoms with Crippen LogP contribution in [-0.2, 0) is 8.25 Å². The van der Waals surface area contributed by atoms with Crippen molar-refractivity contribution in [2.75, 3.05) is 0 Å². The summed E-state index contributed by atoms with van der Waals surface area (Å²) in [5.41, 5.74) is 0. The van der Waals surface area contributed by atoms with Crippen molar-refractivity contribution >= 4 is 29.5 Å². The molecule has 0 aromatic carbocycles. The van der Waals surface area contributed by atoms with Crippen LogP contribution in [0.5, 0.6) is 0 Å². The first-order valence-electron chi connectivity index (χ1n) is 0.488. The van der Waals surface area contributed by atoms with E-state index in [1.165, 1.54) is 21.2 Å². The topological polar surface area (TPSA) is 40.1 Å². The second-order valence-electron chi connectivity index (χ2n) is 0.194. The van der Waals surface area contributed by atoms with Crippen LogP contribution in [0.3, 0.4) is 0 Å². The Morgan fingerprint density at radius 2 is 2.00 bits per heavy atom. The maximum absolute atomic E-state index is 8.99. The molecule has 0 aromatic heterocycles. The fourth-order valence-corrected chi connectivity index (χ4v) is 0. The Morgan fingerprint density at radius 3 is 2.00 bits per heavy atom. The van der Waals surface area contributed by atoms with Gasteiger partial charge in [0.05, 0.1) is 0 Å². The Labute approximate surface area is 68.4 Å². The third-order valence-corrected chi connectivity index (χ3v) is 0. The van der Waals surface area contributed by atoms with Crippen LogP contribution in [-0.4, -0.2) is 8.76 Å². The monoisotopic (exact) mass is 215 g/mol. The summed E-state index contributed by atoms with van der Waals surface area (Å²) in [7, 11) is -1.89. The van der Waals surface area contributed by atoms with E-state index in [2.05, 4.69) is 0 Å². The van der Waals surface area contributed by atoms with Gasteiger partial charge in [0.2, 0.25) is 0 Å². The van der Waals surface area contributed by atoms with Crippen LogP contribution in [0.2, 0.25) is 0 Å². The van der Waals surface area contributed by atoms with E-state index in [4.69, 9.17) is 8.76 Å². The van der Waals surface area contributed by atoms with Crippen molar-refractivity contribution in [1.82, 2.24) is 0 Å². The quantitative estimate of drug-likeness (QED) is 0.191. The molecular formula is HINaO2S-. The smallest absolute Gasteiger partial charge is 1.00 e. The largest absolute Gasteiger partial charge is 1.00 e. The Kier molecular flexibility index (Phi) is 11.6. The summed E-state index contributed by atoms with van der Waals surface area (Å²) in [6, 6.07) is 0. The first kappa shape index (κ1) is 9.96. The molecule has 28 valence electrons. The first-order chi connectivity index (χ1) is 1.73. The second-order valence-corrected chi connectivity index (χ2v) is 2.74. The molecule has 0 saturated carbocycles. The molecular weight excluding hydrogens is 214 g/mol. The minimum atomic E-state index is -1.89. The molecule has 2 nitrogen and oxygen atoms in total. The van der Waals surface area contributed by atoms with Crippen LogP contribution in [0, 0.1) is 0 Å². The molecule has 0 aliphatic carbocycles. The van der Waals surface area contributed by atoms with E-state index in [-0.39, 0.29) is 31.0 Å². The van der Waals surface area contributed by atoms with Gasteiger partial charge in [-0.25, -0.2) is 0 Å². The summed E-state index contributed by atoms with van der Waals surface area (Å²) in [4.78, 5) is 0. The van der Waals surface area contributed by atoms with Crippen LogP contribution >= 0.6 is 21.2 Å². The van der Waals surface area contributed by atoms with Gasteiger partial charge in [-0.1, -0.05) is 0 Å². The molecule has 0 N–H and O–H groups in total. The van der Waals surface area contributed by atoms with Gasteiger partial charge in [0.15, 0.2) is 0 Å². The van der Waals surface area contributed by atoms with Crippen LogP contribution in [0.4, 0.5) is 0 Å². The standard InChI is InChI=1S/HIO2S.Na.H/c1-4(2)3;;/h(H,2,3);;/q;+1;-1/p-1. The van der Waals surface area contributed by atoms with Gasteiger partial charge in [0.25, 0.3) is 0 Å².